The molecular weight excluding hydrogens is 266 g/mol. The topological polar surface area (TPSA) is 125 Å². The minimum atomic E-state index is -3.86. The van der Waals surface area contributed by atoms with Gasteiger partial charge in [0.2, 0.25) is 0 Å². The van der Waals surface area contributed by atoms with Crippen LogP contribution in [-0.2, 0) is 10.0 Å². The van der Waals surface area contributed by atoms with Crippen LogP contribution in [0.25, 0.3) is 0 Å². The number of nitrogen functional groups attached to an aromatic ring is 1. The molecule has 0 aliphatic rings. The quantitative estimate of drug-likeness (QED) is 0.721. The predicted octanol–water partition coefficient (Wildman–Crippen LogP) is 0.973. The largest absolute Gasteiger partial charge is 0.399 e. The minimum Gasteiger partial charge on any atom is -0.399 e. The van der Waals surface area contributed by atoms with Crippen LogP contribution < -0.4 is 10.5 Å². The summed E-state index contributed by atoms with van der Waals surface area (Å²) >= 11 is 0. The van der Waals surface area contributed by atoms with Crippen molar-refractivity contribution < 1.29 is 8.42 Å². The molecule has 0 saturated carbocycles. The van der Waals surface area contributed by atoms with Crippen molar-refractivity contribution in [2.45, 2.75) is 11.8 Å². The van der Waals surface area contributed by atoms with Gasteiger partial charge < -0.3 is 5.73 Å². The van der Waals surface area contributed by atoms with Crippen LogP contribution in [0.5, 0.6) is 0 Å². The third-order valence-electron chi connectivity index (χ3n) is 2.48. The summed E-state index contributed by atoms with van der Waals surface area (Å²) in [5, 5.41) is 15.2. The first-order valence-electron chi connectivity index (χ1n) is 5.26. The Labute approximate surface area is 110 Å². The highest BCUT2D eigenvalue weighted by Crippen LogP contribution is 2.21. The van der Waals surface area contributed by atoms with E-state index in [9.17, 15) is 8.42 Å². The zero-order valence-corrected chi connectivity index (χ0v) is 10.8. The van der Waals surface area contributed by atoms with Gasteiger partial charge in [-0.25, -0.2) is 8.42 Å². The molecule has 0 unspecified atom stereocenters. The maximum atomic E-state index is 12.2. The van der Waals surface area contributed by atoms with E-state index in [0.29, 0.717) is 11.3 Å². The van der Waals surface area contributed by atoms with Crippen molar-refractivity contribution in [1.29, 1.82) is 5.26 Å². The van der Waals surface area contributed by atoms with Crippen LogP contribution in [0.15, 0.2) is 29.3 Å². The zero-order valence-electron chi connectivity index (χ0n) is 10.0. The van der Waals surface area contributed by atoms with Gasteiger partial charge in [0.1, 0.15) is 16.8 Å². The second kappa shape index (κ2) is 4.62. The summed E-state index contributed by atoms with van der Waals surface area (Å²) < 4.78 is 26.7. The molecule has 7 nitrogen and oxygen atoms in total. The summed E-state index contributed by atoms with van der Waals surface area (Å²) in [6.07, 6.45) is 1.49. The number of aromatic amines is 1. The number of anilines is 2. The van der Waals surface area contributed by atoms with E-state index in [1.165, 1.54) is 24.4 Å². The molecule has 2 aromatic rings. The van der Waals surface area contributed by atoms with Crippen molar-refractivity contribution >= 4 is 21.5 Å². The molecule has 0 amide bonds. The standard InChI is InChI=1S/C11H11N5O2S/c1-7-6-14-15-11(7)16-19(17,18)10-3-2-9(13)4-8(10)5-12/h2-4,6H,13H2,1H3,(H2,14,15,16). The molecule has 0 saturated heterocycles. The lowest BCUT2D eigenvalue weighted by Crippen LogP contribution is -2.15. The fraction of sp³-hybridized carbons (Fsp3) is 0.0909. The Balaban J connectivity index is 2.46. The number of aryl methyl sites for hydroxylation is 1. The third kappa shape index (κ3) is 2.51. The average Bonchev–Trinajstić information content (AvgIpc) is 2.74. The van der Waals surface area contributed by atoms with Gasteiger partial charge in [0, 0.05) is 11.3 Å². The minimum absolute atomic E-state index is 0.00957. The molecule has 19 heavy (non-hydrogen) atoms. The Hall–Kier alpha value is -2.53. The smallest absolute Gasteiger partial charge is 0.264 e. The maximum Gasteiger partial charge on any atom is 0.264 e. The van der Waals surface area contributed by atoms with Crippen LogP contribution in [0.1, 0.15) is 11.1 Å². The van der Waals surface area contributed by atoms with Crippen LogP contribution in [-0.4, -0.2) is 18.6 Å². The van der Waals surface area contributed by atoms with Crippen molar-refractivity contribution in [3.05, 3.63) is 35.5 Å². The van der Waals surface area contributed by atoms with Crippen LogP contribution in [0.2, 0.25) is 0 Å². The van der Waals surface area contributed by atoms with Gasteiger partial charge >= 0.3 is 0 Å². The Morgan fingerprint density at radius 1 is 1.47 bits per heavy atom. The second-order valence-electron chi connectivity index (χ2n) is 3.90. The molecule has 0 atom stereocenters. The first-order chi connectivity index (χ1) is 8.94. The van der Waals surface area contributed by atoms with Crippen molar-refractivity contribution in [2.75, 3.05) is 10.5 Å². The molecule has 0 aliphatic carbocycles. The summed E-state index contributed by atoms with van der Waals surface area (Å²) in [6.45, 7) is 1.70. The highest BCUT2D eigenvalue weighted by atomic mass is 32.2. The number of nitrogens with two attached hydrogens (primary N) is 1. The number of nitriles is 1. The first-order valence-corrected chi connectivity index (χ1v) is 6.75. The highest BCUT2D eigenvalue weighted by Gasteiger charge is 2.20. The molecule has 1 heterocycles. The number of sulfonamides is 1. The Bertz CT molecular complexity index is 758. The van der Waals surface area contributed by atoms with E-state index in [1.54, 1.807) is 6.92 Å². The molecular formula is C11H11N5O2S. The number of nitrogens with zero attached hydrogens (tertiary/aromatic N) is 2. The molecule has 0 radical (unpaired) electrons. The Kier molecular flexibility index (Phi) is 3.14. The van der Waals surface area contributed by atoms with E-state index < -0.39 is 10.0 Å². The number of hydrogen-bond donors (Lipinski definition) is 3. The Morgan fingerprint density at radius 3 is 2.79 bits per heavy atom. The molecule has 8 heteroatoms. The van der Waals surface area contributed by atoms with Gasteiger partial charge in [0.25, 0.3) is 10.0 Å². The molecule has 0 spiro atoms. The van der Waals surface area contributed by atoms with E-state index >= 15 is 0 Å². The summed E-state index contributed by atoms with van der Waals surface area (Å²) in [4.78, 5) is -0.127. The van der Waals surface area contributed by atoms with E-state index in [2.05, 4.69) is 14.9 Å². The van der Waals surface area contributed by atoms with Crippen molar-refractivity contribution in [1.82, 2.24) is 10.2 Å². The number of benzene rings is 1. The molecule has 0 bridgehead atoms. The van der Waals surface area contributed by atoms with Gasteiger partial charge in [-0.05, 0) is 25.1 Å². The van der Waals surface area contributed by atoms with Crippen LogP contribution in [0.3, 0.4) is 0 Å². The third-order valence-corrected chi connectivity index (χ3v) is 3.89. The van der Waals surface area contributed by atoms with Crippen LogP contribution >= 0.6 is 0 Å². The van der Waals surface area contributed by atoms with Gasteiger partial charge in [-0.1, -0.05) is 0 Å². The summed E-state index contributed by atoms with van der Waals surface area (Å²) in [6, 6.07) is 5.84. The number of nitrogens with one attached hydrogen (secondary N) is 2. The lowest BCUT2D eigenvalue weighted by atomic mass is 10.2. The molecule has 2 rings (SSSR count). The molecule has 0 fully saturated rings. The zero-order chi connectivity index (χ0) is 14.0. The van der Waals surface area contributed by atoms with Gasteiger partial charge in [-0.3, -0.25) is 9.82 Å². The van der Waals surface area contributed by atoms with Gasteiger partial charge in [0.05, 0.1) is 11.8 Å². The number of hydrogen-bond acceptors (Lipinski definition) is 5. The van der Waals surface area contributed by atoms with Crippen molar-refractivity contribution in [3.8, 4) is 6.07 Å². The van der Waals surface area contributed by atoms with Gasteiger partial charge in [-0.2, -0.15) is 10.4 Å². The summed E-state index contributed by atoms with van der Waals surface area (Å²) in [5.74, 6) is 0.265. The molecule has 0 aliphatic heterocycles. The van der Waals surface area contributed by atoms with E-state index in [-0.39, 0.29) is 16.3 Å². The maximum absolute atomic E-state index is 12.2. The molecule has 4 N–H and O–H groups in total. The number of rotatable bonds is 3. The van der Waals surface area contributed by atoms with Gasteiger partial charge in [-0.15, -0.1) is 0 Å². The SMILES string of the molecule is Cc1cn[nH]c1NS(=O)(=O)c1ccc(N)cc1C#N. The van der Waals surface area contributed by atoms with E-state index in [4.69, 9.17) is 11.0 Å². The van der Waals surface area contributed by atoms with Crippen LogP contribution in [0, 0.1) is 18.3 Å². The van der Waals surface area contributed by atoms with E-state index in [0.717, 1.165) is 0 Å². The predicted molar refractivity (Wildman–Crippen MR) is 69.7 cm³/mol. The summed E-state index contributed by atoms with van der Waals surface area (Å²) in [5.41, 5.74) is 6.49. The fourth-order valence-corrected chi connectivity index (χ4v) is 2.73. The monoisotopic (exact) mass is 277 g/mol. The highest BCUT2D eigenvalue weighted by molar-refractivity contribution is 7.92. The average molecular weight is 277 g/mol. The number of H-pyrrole nitrogens is 1. The number of aromatic nitrogens is 2. The van der Waals surface area contributed by atoms with Crippen LogP contribution in [0.4, 0.5) is 11.5 Å². The molecule has 1 aromatic carbocycles. The lowest BCUT2D eigenvalue weighted by Gasteiger charge is -2.08. The normalized spacial score (nSPS) is 10.9. The molecule has 98 valence electrons. The van der Waals surface area contributed by atoms with Gasteiger partial charge in [0.15, 0.2) is 0 Å². The first kappa shape index (κ1) is 12.9. The fourth-order valence-electron chi connectivity index (χ4n) is 1.51. The van der Waals surface area contributed by atoms with Crippen molar-refractivity contribution in [3.63, 3.8) is 0 Å². The van der Waals surface area contributed by atoms with Crippen molar-refractivity contribution in [2.24, 2.45) is 0 Å². The van der Waals surface area contributed by atoms with E-state index in [1.807, 2.05) is 6.07 Å². The Morgan fingerprint density at radius 2 is 2.21 bits per heavy atom. The lowest BCUT2D eigenvalue weighted by molar-refractivity contribution is 0.600. The summed E-state index contributed by atoms with van der Waals surface area (Å²) in [7, 11) is -3.86. The second-order valence-corrected chi connectivity index (χ2v) is 5.55. The molecule has 1 aromatic heterocycles.